The zero-order valence-corrected chi connectivity index (χ0v) is 7.71. The molecule has 1 aliphatic rings. The summed E-state index contributed by atoms with van der Waals surface area (Å²) in [6.07, 6.45) is 2.63. The van der Waals surface area contributed by atoms with Gasteiger partial charge in [-0.05, 0) is 25.7 Å². The van der Waals surface area contributed by atoms with Crippen molar-refractivity contribution >= 4 is 0 Å². The normalized spacial score (nSPS) is 34.8. The van der Waals surface area contributed by atoms with E-state index in [-0.39, 0.29) is 26.5 Å². The van der Waals surface area contributed by atoms with Gasteiger partial charge in [0, 0.05) is 2.85 Å². The predicted octanol–water partition coefficient (Wildman–Crippen LogP) is 0.0249. The average molecular weight is 184 g/mol. The van der Waals surface area contributed by atoms with Gasteiger partial charge in [0.25, 0.3) is 0 Å². The van der Waals surface area contributed by atoms with Gasteiger partial charge in [0.2, 0.25) is 0 Å². The summed E-state index contributed by atoms with van der Waals surface area (Å²) < 4.78 is 5.50. The molecule has 0 radical (unpaired) electrons. The van der Waals surface area contributed by atoms with Crippen molar-refractivity contribution in [1.29, 1.82) is 0 Å². The molecule has 4 heteroatoms. The second kappa shape index (κ2) is 6.37. The van der Waals surface area contributed by atoms with Crippen LogP contribution in [-0.2, 0) is 4.74 Å². The van der Waals surface area contributed by atoms with E-state index in [1.165, 1.54) is 6.42 Å². The molecule has 1 fully saturated rings. The molecule has 0 bridgehead atoms. The lowest BCUT2D eigenvalue weighted by atomic mass is 9.95. The van der Waals surface area contributed by atoms with Crippen molar-refractivity contribution in [2.24, 2.45) is 5.92 Å². The highest BCUT2D eigenvalue weighted by molar-refractivity contribution is 4.72. The summed E-state index contributed by atoms with van der Waals surface area (Å²) in [5.41, 5.74) is 0. The minimum Gasteiger partial charge on any atom is -0.412 e. The minimum atomic E-state index is 0. The Labute approximate surface area is 76.1 Å². The van der Waals surface area contributed by atoms with Crippen molar-refractivity contribution in [1.82, 2.24) is 0 Å². The first-order valence-corrected chi connectivity index (χ1v) is 4.00. The number of rotatable bonds is 1. The van der Waals surface area contributed by atoms with E-state index in [2.05, 4.69) is 13.8 Å². The second-order valence-corrected chi connectivity index (χ2v) is 3.20. The maximum absolute atomic E-state index is 8.77. The molecule has 2 unspecified atom stereocenters. The minimum absolute atomic E-state index is 0. The molecule has 0 aliphatic carbocycles. The van der Waals surface area contributed by atoms with E-state index < -0.39 is 0 Å². The van der Waals surface area contributed by atoms with Crippen molar-refractivity contribution in [3.05, 3.63) is 0 Å². The zero-order chi connectivity index (χ0) is 7.56. The van der Waals surface area contributed by atoms with Crippen LogP contribution in [0.5, 0.6) is 0 Å². The van der Waals surface area contributed by atoms with E-state index in [0.717, 1.165) is 6.42 Å². The van der Waals surface area contributed by atoms with Crippen molar-refractivity contribution in [2.45, 2.75) is 38.9 Å². The molecule has 0 spiro atoms. The molecular weight excluding hydrogens is 160 g/mol. The summed E-state index contributed by atoms with van der Waals surface area (Å²) in [6, 6.07) is 0. The molecular formula is C8H24O4. The Hall–Kier alpha value is -0.160. The van der Waals surface area contributed by atoms with Gasteiger partial charge >= 0.3 is 0 Å². The van der Waals surface area contributed by atoms with E-state index in [4.69, 9.17) is 9.84 Å². The summed E-state index contributed by atoms with van der Waals surface area (Å²) in [5, 5.41) is 8.77. The molecule has 0 amide bonds. The van der Waals surface area contributed by atoms with Crippen LogP contribution in [0.15, 0.2) is 0 Å². The van der Waals surface area contributed by atoms with Crippen LogP contribution in [0.1, 0.15) is 29.5 Å². The Morgan fingerprint density at radius 2 is 1.92 bits per heavy atom. The Balaban J connectivity index is -0.000000125. The van der Waals surface area contributed by atoms with Gasteiger partial charge in [-0.15, -0.1) is 0 Å². The summed E-state index contributed by atoms with van der Waals surface area (Å²) in [5.74, 6) is 0.655. The van der Waals surface area contributed by atoms with Crippen molar-refractivity contribution in [3.8, 4) is 0 Å². The van der Waals surface area contributed by atoms with E-state index in [0.29, 0.717) is 12.0 Å². The molecule has 0 saturated carbocycles. The number of hydrogen-bond acceptors (Lipinski definition) is 2. The average Bonchev–Trinajstić information content (AvgIpc) is 1.95. The topological polar surface area (TPSA) is 92.5 Å². The van der Waals surface area contributed by atoms with Gasteiger partial charge in [0.05, 0.1) is 18.8 Å². The fourth-order valence-electron chi connectivity index (χ4n) is 1.32. The quantitative estimate of drug-likeness (QED) is 0.622. The van der Waals surface area contributed by atoms with Gasteiger partial charge < -0.3 is 20.8 Å². The van der Waals surface area contributed by atoms with Crippen molar-refractivity contribution in [3.63, 3.8) is 0 Å². The van der Waals surface area contributed by atoms with Crippen LogP contribution in [0.2, 0.25) is 0 Å². The summed E-state index contributed by atoms with van der Waals surface area (Å²) >= 11 is 0. The smallest absolute Gasteiger partial charge is 0.0809 e. The van der Waals surface area contributed by atoms with E-state index in [1.54, 1.807) is 0 Å². The molecule has 12 heavy (non-hydrogen) atoms. The highest BCUT2D eigenvalue weighted by Crippen LogP contribution is 2.23. The summed E-state index contributed by atoms with van der Waals surface area (Å²) in [7, 11) is 0. The first kappa shape index (κ1) is 14.4. The van der Waals surface area contributed by atoms with Crippen LogP contribution in [0.25, 0.3) is 0 Å². The summed E-state index contributed by atoms with van der Waals surface area (Å²) in [4.78, 5) is 0. The van der Waals surface area contributed by atoms with Crippen LogP contribution >= 0.6 is 0 Å². The maximum atomic E-state index is 8.77. The molecule has 0 aromatic carbocycles. The van der Waals surface area contributed by atoms with Gasteiger partial charge in [0.1, 0.15) is 0 Å². The SMILES string of the molecule is CC1CCC(CO)O[C@H]1C.O.O.[HH].[HH]. The summed E-state index contributed by atoms with van der Waals surface area (Å²) in [6.45, 7) is 4.45. The van der Waals surface area contributed by atoms with Crippen LogP contribution < -0.4 is 0 Å². The largest absolute Gasteiger partial charge is 0.412 e. The van der Waals surface area contributed by atoms with Crippen LogP contribution in [0, 0.1) is 5.92 Å². The number of hydrogen-bond donors (Lipinski definition) is 1. The fourth-order valence-corrected chi connectivity index (χ4v) is 1.32. The Morgan fingerprint density at radius 3 is 2.33 bits per heavy atom. The fraction of sp³-hybridized carbons (Fsp3) is 1.00. The first-order valence-electron chi connectivity index (χ1n) is 4.00. The number of ether oxygens (including phenoxy) is 1. The predicted molar refractivity (Wildman–Crippen MR) is 51.3 cm³/mol. The number of aliphatic hydroxyl groups excluding tert-OH is 1. The Bertz CT molecular complexity index is 116. The molecule has 1 heterocycles. The van der Waals surface area contributed by atoms with Crippen molar-refractivity contribution in [2.75, 3.05) is 6.61 Å². The van der Waals surface area contributed by atoms with Crippen LogP contribution in [0.3, 0.4) is 0 Å². The molecule has 80 valence electrons. The zero-order valence-electron chi connectivity index (χ0n) is 7.71. The second-order valence-electron chi connectivity index (χ2n) is 3.20. The van der Waals surface area contributed by atoms with Gasteiger partial charge in [-0.2, -0.15) is 0 Å². The first-order chi connectivity index (χ1) is 4.74. The monoisotopic (exact) mass is 184 g/mol. The highest BCUT2D eigenvalue weighted by atomic mass is 16.5. The van der Waals surface area contributed by atoms with Gasteiger partial charge in [0.15, 0.2) is 0 Å². The molecule has 0 aromatic heterocycles. The lowest BCUT2D eigenvalue weighted by Crippen LogP contribution is -2.33. The molecule has 0 aromatic rings. The standard InChI is InChI=1S/C8H16O2.2H2O.2H2/c1-6-3-4-8(5-9)10-7(6)2;;;;/h6-9H,3-5H2,1-2H3;2*1H2;2*1H/t6?,7-,8?;;;;/m0..../s1. The van der Waals surface area contributed by atoms with Crippen LogP contribution in [-0.4, -0.2) is 34.9 Å². The molecule has 5 N–H and O–H groups in total. The van der Waals surface area contributed by atoms with Crippen molar-refractivity contribution < 1.29 is 23.6 Å². The van der Waals surface area contributed by atoms with Gasteiger partial charge in [-0.25, -0.2) is 0 Å². The lowest BCUT2D eigenvalue weighted by Gasteiger charge is -2.31. The lowest BCUT2D eigenvalue weighted by molar-refractivity contribution is -0.0880. The third kappa shape index (κ3) is 3.49. The van der Waals surface area contributed by atoms with E-state index >= 15 is 0 Å². The molecule has 3 atom stereocenters. The van der Waals surface area contributed by atoms with Gasteiger partial charge in [-0.3, -0.25) is 0 Å². The molecule has 1 saturated heterocycles. The van der Waals surface area contributed by atoms with Gasteiger partial charge in [-0.1, -0.05) is 6.92 Å². The maximum Gasteiger partial charge on any atom is 0.0809 e. The van der Waals surface area contributed by atoms with Crippen LogP contribution in [0.4, 0.5) is 0 Å². The molecule has 4 nitrogen and oxygen atoms in total. The third-order valence-corrected chi connectivity index (χ3v) is 2.36. The third-order valence-electron chi connectivity index (χ3n) is 2.36. The molecule has 1 aliphatic heterocycles. The number of aliphatic hydroxyl groups is 1. The van der Waals surface area contributed by atoms with E-state index in [1.807, 2.05) is 0 Å². The highest BCUT2D eigenvalue weighted by Gasteiger charge is 2.23. The Morgan fingerprint density at radius 1 is 1.33 bits per heavy atom. The molecule has 1 rings (SSSR count). The Kier molecular flexibility index (Phi) is 7.62. The van der Waals surface area contributed by atoms with E-state index in [9.17, 15) is 0 Å².